The molecule has 0 aliphatic heterocycles. The number of hydrazine groups is 2. The van der Waals surface area contributed by atoms with Crippen LogP contribution in [-0.4, -0.2) is 36.8 Å². The number of ether oxygens (including phenoxy) is 2. The van der Waals surface area contributed by atoms with E-state index in [1.807, 2.05) is 0 Å². The second kappa shape index (κ2) is 14.6. The minimum atomic E-state index is -0.549. The summed E-state index contributed by atoms with van der Waals surface area (Å²) in [5.74, 6) is -1.84. The lowest BCUT2D eigenvalue weighted by Crippen LogP contribution is -2.48. The summed E-state index contributed by atoms with van der Waals surface area (Å²) in [4.78, 5) is 48.8. The maximum Gasteiger partial charge on any atom is 0.276 e. The zero-order valence-electron chi connectivity index (χ0n) is 19.8. The molecular weight excluding hydrogens is 671 g/mol. The highest BCUT2D eigenvalue weighted by Gasteiger charge is 2.30. The van der Waals surface area contributed by atoms with Crippen molar-refractivity contribution in [2.24, 2.45) is 11.8 Å². The van der Waals surface area contributed by atoms with Crippen molar-refractivity contribution < 1.29 is 28.7 Å². The van der Waals surface area contributed by atoms with Gasteiger partial charge in [-0.3, -0.25) is 40.9 Å². The van der Waals surface area contributed by atoms with Crippen molar-refractivity contribution in [3.63, 3.8) is 0 Å². The molecule has 0 atom stereocenters. The largest absolute Gasteiger partial charge is 0.482 e. The summed E-state index contributed by atoms with van der Waals surface area (Å²) < 4.78 is 12.3. The minimum Gasteiger partial charge on any atom is -0.482 e. The lowest BCUT2D eigenvalue weighted by Gasteiger charge is -2.27. The first kappa shape index (κ1) is 30.0. The minimum absolute atomic E-state index is 0.332. The predicted octanol–water partition coefficient (Wildman–Crippen LogP) is 4.08. The molecule has 14 heteroatoms. The highest BCUT2D eigenvalue weighted by atomic mass is 79.9. The van der Waals surface area contributed by atoms with Gasteiger partial charge in [0.1, 0.15) is 11.5 Å². The zero-order chi connectivity index (χ0) is 27.7. The smallest absolute Gasteiger partial charge is 0.276 e. The molecule has 0 spiro atoms. The number of amides is 4. The Hall–Kier alpha value is -2.54. The topological polar surface area (TPSA) is 135 Å². The molecule has 10 nitrogen and oxygen atoms in total. The average Bonchev–Trinajstić information content (AvgIpc) is 2.89. The number of carbonyl (C=O) groups is 4. The van der Waals surface area contributed by atoms with Crippen molar-refractivity contribution in [1.82, 2.24) is 21.7 Å². The summed E-state index contributed by atoms with van der Waals surface area (Å²) >= 11 is 18.6. The summed E-state index contributed by atoms with van der Waals surface area (Å²) in [5, 5.41) is 0.686. The molecule has 0 aromatic heterocycles. The number of nitrogens with one attached hydrogen (secondary N) is 4. The van der Waals surface area contributed by atoms with Gasteiger partial charge in [-0.15, -0.1) is 0 Å². The highest BCUT2D eigenvalue weighted by Crippen LogP contribution is 2.30. The van der Waals surface area contributed by atoms with E-state index in [-0.39, 0.29) is 36.9 Å². The SMILES string of the molecule is O=C(COc1ccc(Br)cc1Cl)NNC(=O)C1CCC(C(=O)NNC(=O)COc2ccc(Br)cc2Cl)CC1. The van der Waals surface area contributed by atoms with E-state index >= 15 is 0 Å². The Balaban J connectivity index is 1.31. The third kappa shape index (κ3) is 9.33. The third-order valence-electron chi connectivity index (χ3n) is 5.62. The average molecular weight is 695 g/mol. The Morgan fingerprint density at radius 2 is 1.05 bits per heavy atom. The fourth-order valence-corrected chi connectivity index (χ4v) is 5.08. The lowest BCUT2D eigenvalue weighted by molar-refractivity contribution is -0.135. The number of benzene rings is 2. The van der Waals surface area contributed by atoms with E-state index in [0.29, 0.717) is 47.2 Å². The van der Waals surface area contributed by atoms with Crippen molar-refractivity contribution in [3.8, 4) is 11.5 Å². The number of carbonyl (C=O) groups excluding carboxylic acids is 4. The van der Waals surface area contributed by atoms with Gasteiger partial charge in [0.2, 0.25) is 11.8 Å². The second-order valence-corrected chi connectivity index (χ2v) is 11.0. The summed E-state index contributed by atoms with van der Waals surface area (Å²) in [6, 6.07) is 9.95. The van der Waals surface area contributed by atoms with Gasteiger partial charge >= 0.3 is 0 Å². The Bertz CT molecular complexity index is 1100. The molecule has 0 unspecified atom stereocenters. The van der Waals surface area contributed by atoms with Crippen molar-refractivity contribution in [2.75, 3.05) is 13.2 Å². The van der Waals surface area contributed by atoms with Gasteiger partial charge in [-0.2, -0.15) is 0 Å². The molecule has 0 saturated heterocycles. The molecule has 0 radical (unpaired) electrons. The molecule has 3 rings (SSSR count). The molecule has 0 bridgehead atoms. The molecule has 4 N–H and O–H groups in total. The van der Waals surface area contributed by atoms with Crippen LogP contribution in [0.4, 0.5) is 0 Å². The standard InChI is InChI=1S/C24H24Br2Cl2N4O6/c25-15-5-7-19(17(27)9-15)37-11-21(33)29-31-23(35)13-1-2-14(4-3-13)24(36)32-30-22(34)12-38-20-8-6-16(26)10-18(20)28/h5-10,13-14H,1-4,11-12H2,(H,29,33)(H,30,34)(H,31,35)(H,32,36). The maximum atomic E-state index is 12.4. The highest BCUT2D eigenvalue weighted by molar-refractivity contribution is 9.10. The van der Waals surface area contributed by atoms with Gasteiger partial charge in [0.05, 0.1) is 10.0 Å². The molecule has 1 fully saturated rings. The quantitative estimate of drug-likeness (QED) is 0.308. The summed E-state index contributed by atoms with van der Waals surface area (Å²) in [5.41, 5.74) is 9.40. The van der Waals surface area contributed by atoms with Gasteiger partial charge in [0.15, 0.2) is 13.2 Å². The van der Waals surface area contributed by atoms with Gasteiger partial charge in [-0.05, 0) is 62.1 Å². The van der Waals surface area contributed by atoms with Crippen LogP contribution in [0.1, 0.15) is 25.7 Å². The molecule has 1 saturated carbocycles. The van der Waals surface area contributed by atoms with E-state index in [1.54, 1.807) is 36.4 Å². The fraction of sp³-hybridized carbons (Fsp3) is 0.333. The normalized spacial score (nSPS) is 16.6. The van der Waals surface area contributed by atoms with E-state index in [4.69, 9.17) is 32.7 Å². The molecule has 1 aliphatic carbocycles. The Kier molecular flexibility index (Phi) is 11.5. The first-order valence-electron chi connectivity index (χ1n) is 11.5. The first-order chi connectivity index (χ1) is 18.1. The van der Waals surface area contributed by atoms with E-state index in [0.717, 1.165) is 8.95 Å². The molecule has 204 valence electrons. The van der Waals surface area contributed by atoms with Crippen LogP contribution in [0.15, 0.2) is 45.3 Å². The fourth-order valence-electron chi connectivity index (χ4n) is 3.63. The van der Waals surface area contributed by atoms with Gasteiger partial charge in [0.25, 0.3) is 11.8 Å². The first-order valence-corrected chi connectivity index (χ1v) is 13.8. The van der Waals surface area contributed by atoms with Gasteiger partial charge in [0, 0.05) is 20.8 Å². The summed E-state index contributed by atoms with van der Waals surface area (Å²) in [6.45, 7) is -0.664. The number of hydrogen-bond acceptors (Lipinski definition) is 6. The Morgan fingerprint density at radius 1 is 0.684 bits per heavy atom. The van der Waals surface area contributed by atoms with Crippen molar-refractivity contribution >= 4 is 78.7 Å². The molecule has 1 aliphatic rings. The van der Waals surface area contributed by atoms with Crippen LogP contribution < -0.4 is 31.2 Å². The molecule has 38 heavy (non-hydrogen) atoms. The summed E-state index contributed by atoms with van der Waals surface area (Å²) in [6.07, 6.45) is 1.79. The second-order valence-electron chi connectivity index (χ2n) is 8.35. The van der Waals surface area contributed by atoms with Crippen LogP contribution >= 0.6 is 55.1 Å². The predicted molar refractivity (Wildman–Crippen MR) is 147 cm³/mol. The van der Waals surface area contributed by atoms with Crippen molar-refractivity contribution in [3.05, 3.63) is 55.4 Å². The van der Waals surface area contributed by atoms with E-state index in [1.165, 1.54) is 0 Å². The van der Waals surface area contributed by atoms with E-state index in [9.17, 15) is 19.2 Å². The molecule has 2 aromatic rings. The van der Waals surface area contributed by atoms with E-state index < -0.39 is 11.8 Å². The number of hydrogen-bond donors (Lipinski definition) is 4. The molecule has 2 aromatic carbocycles. The van der Waals surface area contributed by atoms with Crippen LogP contribution in [-0.2, 0) is 19.2 Å². The molecule has 0 heterocycles. The Labute approximate surface area is 245 Å². The zero-order valence-corrected chi connectivity index (χ0v) is 24.5. The van der Waals surface area contributed by atoms with Crippen LogP contribution in [0.2, 0.25) is 10.0 Å². The van der Waals surface area contributed by atoms with Crippen LogP contribution in [0.25, 0.3) is 0 Å². The van der Waals surface area contributed by atoms with Crippen LogP contribution in [0, 0.1) is 11.8 Å². The monoisotopic (exact) mass is 692 g/mol. The van der Waals surface area contributed by atoms with Crippen LogP contribution in [0.5, 0.6) is 11.5 Å². The molecular formula is C24H24Br2Cl2N4O6. The Morgan fingerprint density at radius 3 is 1.39 bits per heavy atom. The van der Waals surface area contributed by atoms with Gasteiger partial charge < -0.3 is 9.47 Å². The number of rotatable bonds is 8. The van der Waals surface area contributed by atoms with E-state index in [2.05, 4.69) is 53.6 Å². The lowest BCUT2D eigenvalue weighted by atomic mass is 9.81. The number of halogens is 4. The van der Waals surface area contributed by atoms with Crippen molar-refractivity contribution in [2.45, 2.75) is 25.7 Å². The molecule has 4 amide bonds. The van der Waals surface area contributed by atoms with Crippen LogP contribution in [0.3, 0.4) is 0 Å². The van der Waals surface area contributed by atoms with Gasteiger partial charge in [-0.25, -0.2) is 0 Å². The van der Waals surface area contributed by atoms with Crippen molar-refractivity contribution in [1.29, 1.82) is 0 Å². The summed E-state index contributed by atoms with van der Waals surface area (Å²) in [7, 11) is 0. The van der Waals surface area contributed by atoms with Gasteiger partial charge in [-0.1, -0.05) is 55.1 Å². The third-order valence-corrected chi connectivity index (χ3v) is 7.20. The maximum absolute atomic E-state index is 12.4.